The molecule has 5 heteroatoms. The molecule has 0 amide bonds. The molecule has 0 aliphatic heterocycles. The van der Waals surface area contributed by atoms with E-state index in [-0.39, 0.29) is 5.82 Å². The van der Waals surface area contributed by atoms with Crippen LogP contribution in [-0.4, -0.2) is 9.91 Å². The van der Waals surface area contributed by atoms with Gasteiger partial charge in [0.05, 0.1) is 0 Å². The van der Waals surface area contributed by atoms with Crippen molar-refractivity contribution in [3.63, 3.8) is 0 Å². The molecule has 0 aliphatic carbocycles. The maximum Gasteiger partial charge on any atom is 0.159 e. The largest absolute Gasteiger partial charge is 0.443 e. The molecule has 0 saturated carbocycles. The predicted molar refractivity (Wildman–Crippen MR) is 33.6 cm³/mol. The first-order chi connectivity index (χ1) is 4.74. The van der Waals surface area contributed by atoms with Crippen LogP contribution in [0.1, 0.15) is 12.7 Å². The van der Waals surface area contributed by atoms with Gasteiger partial charge in [0.2, 0.25) is 0 Å². The van der Waals surface area contributed by atoms with E-state index < -0.39 is 4.92 Å². The topological polar surface area (TPSA) is 70.1 Å². The lowest BCUT2D eigenvalue weighted by molar-refractivity contribution is -0.389. The zero-order chi connectivity index (χ0) is 7.56. The van der Waals surface area contributed by atoms with E-state index in [0.29, 0.717) is 12.2 Å². The third-order valence-corrected chi connectivity index (χ3v) is 1.08. The first-order valence-corrected chi connectivity index (χ1v) is 2.87. The molecule has 0 saturated heterocycles. The molecule has 54 valence electrons. The van der Waals surface area contributed by atoms with Crippen molar-refractivity contribution in [2.75, 3.05) is 0 Å². The molecule has 0 radical (unpaired) electrons. The molecule has 10 heavy (non-hydrogen) atoms. The van der Waals surface area contributed by atoms with E-state index in [1.165, 1.54) is 6.20 Å². The minimum atomic E-state index is -0.549. The smallest absolute Gasteiger partial charge is 0.159 e. The second-order valence-corrected chi connectivity index (χ2v) is 1.76. The molecule has 0 spiro atoms. The Morgan fingerprint density at radius 1 is 1.90 bits per heavy atom. The molecule has 1 rings (SSSR count). The number of aromatic nitrogens is 2. The molecule has 0 bridgehead atoms. The standard InChI is InChI=1S/C5H6N3O2/c1-2-4-6-3-5(7-4)8(9)10/h3H,2H2,1H3/q-1. The summed E-state index contributed by atoms with van der Waals surface area (Å²) in [7, 11) is 0. The Labute approximate surface area is 57.2 Å². The third kappa shape index (κ3) is 1.12. The monoisotopic (exact) mass is 140 g/mol. The molecule has 5 nitrogen and oxygen atoms in total. The van der Waals surface area contributed by atoms with Crippen LogP contribution in [0, 0.1) is 10.1 Å². The number of hydrogen-bond donors (Lipinski definition) is 0. The van der Waals surface area contributed by atoms with Gasteiger partial charge >= 0.3 is 0 Å². The maximum atomic E-state index is 10.0. The Bertz CT molecular complexity index is 243. The summed E-state index contributed by atoms with van der Waals surface area (Å²) in [6, 6.07) is 0. The van der Waals surface area contributed by atoms with Crippen molar-refractivity contribution in [2.24, 2.45) is 0 Å². The summed E-state index contributed by atoms with van der Waals surface area (Å²) in [5, 5.41) is 10.0. The van der Waals surface area contributed by atoms with Gasteiger partial charge in [-0.25, -0.2) is 0 Å². The normalized spacial score (nSPS) is 9.70. The quantitative estimate of drug-likeness (QED) is 0.443. The molecular formula is C5H6N3O2-. The van der Waals surface area contributed by atoms with Crippen LogP contribution in [0.4, 0.5) is 5.82 Å². The summed E-state index contributed by atoms with van der Waals surface area (Å²) in [6.45, 7) is 1.85. The SMILES string of the molecule is CCc1nc([N+](=O)[O-])c[n-]1. The fourth-order valence-corrected chi connectivity index (χ4v) is 0.581. The van der Waals surface area contributed by atoms with Crippen molar-refractivity contribution in [1.82, 2.24) is 9.97 Å². The Morgan fingerprint density at radius 2 is 2.60 bits per heavy atom. The van der Waals surface area contributed by atoms with Gasteiger partial charge in [0.15, 0.2) is 5.82 Å². The average Bonchev–Trinajstić information content (AvgIpc) is 2.34. The molecule has 1 heterocycles. The first-order valence-electron chi connectivity index (χ1n) is 2.87. The van der Waals surface area contributed by atoms with Crippen LogP contribution in [0.25, 0.3) is 0 Å². The number of hydrogen-bond acceptors (Lipinski definition) is 3. The molecular weight excluding hydrogens is 134 g/mol. The van der Waals surface area contributed by atoms with Crippen LogP contribution in [-0.2, 0) is 6.42 Å². The van der Waals surface area contributed by atoms with E-state index in [9.17, 15) is 10.1 Å². The molecule has 0 atom stereocenters. The highest BCUT2D eigenvalue weighted by Crippen LogP contribution is 2.04. The highest BCUT2D eigenvalue weighted by Gasteiger charge is 1.91. The number of imidazole rings is 1. The maximum absolute atomic E-state index is 10.0. The summed E-state index contributed by atoms with van der Waals surface area (Å²) in [5.41, 5.74) is 0. The van der Waals surface area contributed by atoms with E-state index in [2.05, 4.69) is 9.97 Å². The molecule has 1 aromatic heterocycles. The average molecular weight is 140 g/mol. The van der Waals surface area contributed by atoms with E-state index in [1.54, 1.807) is 0 Å². The third-order valence-electron chi connectivity index (χ3n) is 1.08. The van der Waals surface area contributed by atoms with Crippen molar-refractivity contribution in [1.29, 1.82) is 0 Å². The second kappa shape index (κ2) is 2.47. The highest BCUT2D eigenvalue weighted by molar-refractivity contribution is 5.14. The van der Waals surface area contributed by atoms with Crippen LogP contribution in [0.2, 0.25) is 0 Å². The van der Waals surface area contributed by atoms with Crippen molar-refractivity contribution in [3.05, 3.63) is 22.1 Å². The van der Waals surface area contributed by atoms with Gasteiger partial charge in [0, 0.05) is 0 Å². The number of aryl methyl sites for hydroxylation is 1. The van der Waals surface area contributed by atoms with E-state index in [1.807, 2.05) is 6.92 Å². The number of nitrogens with zero attached hydrogens (tertiary/aromatic N) is 3. The zero-order valence-electron chi connectivity index (χ0n) is 5.44. The Hall–Kier alpha value is -1.39. The fourth-order valence-electron chi connectivity index (χ4n) is 0.581. The summed E-state index contributed by atoms with van der Waals surface area (Å²) < 4.78 is 0. The minimum absolute atomic E-state index is 0.170. The van der Waals surface area contributed by atoms with Gasteiger partial charge < -0.3 is 20.1 Å². The van der Waals surface area contributed by atoms with Crippen molar-refractivity contribution < 1.29 is 4.92 Å². The highest BCUT2D eigenvalue weighted by atomic mass is 16.6. The lowest BCUT2D eigenvalue weighted by Gasteiger charge is -1.96. The molecule has 0 aliphatic rings. The molecule has 0 unspecified atom stereocenters. The van der Waals surface area contributed by atoms with Gasteiger partial charge in [-0.2, -0.15) is 0 Å². The lowest BCUT2D eigenvalue weighted by Crippen LogP contribution is -1.88. The van der Waals surface area contributed by atoms with Gasteiger partial charge in [0.1, 0.15) is 0 Å². The Kier molecular flexibility index (Phi) is 1.66. The van der Waals surface area contributed by atoms with Crippen LogP contribution in [0.15, 0.2) is 6.20 Å². The van der Waals surface area contributed by atoms with Crippen LogP contribution in [0.5, 0.6) is 0 Å². The molecule has 1 aromatic rings. The van der Waals surface area contributed by atoms with E-state index in [4.69, 9.17) is 0 Å². The predicted octanol–water partition coefficient (Wildman–Crippen LogP) is 0.509. The fraction of sp³-hybridized carbons (Fsp3) is 0.400. The van der Waals surface area contributed by atoms with Crippen LogP contribution >= 0.6 is 0 Å². The summed E-state index contributed by atoms with van der Waals surface area (Å²) in [5.74, 6) is 0.351. The molecule has 0 N–H and O–H groups in total. The van der Waals surface area contributed by atoms with E-state index >= 15 is 0 Å². The van der Waals surface area contributed by atoms with Crippen LogP contribution < -0.4 is 4.98 Å². The number of rotatable bonds is 2. The minimum Gasteiger partial charge on any atom is -0.443 e. The molecule has 0 aromatic carbocycles. The van der Waals surface area contributed by atoms with Gasteiger partial charge in [-0.05, 0) is 12.6 Å². The van der Waals surface area contributed by atoms with Gasteiger partial charge in [0.25, 0.3) is 0 Å². The zero-order valence-corrected chi connectivity index (χ0v) is 5.44. The van der Waals surface area contributed by atoms with Crippen molar-refractivity contribution >= 4 is 5.82 Å². The summed E-state index contributed by atoms with van der Waals surface area (Å²) in [6.07, 6.45) is 1.80. The van der Waals surface area contributed by atoms with Gasteiger partial charge in [-0.3, -0.25) is 0 Å². The van der Waals surface area contributed by atoms with Crippen molar-refractivity contribution in [2.45, 2.75) is 13.3 Å². The van der Waals surface area contributed by atoms with Gasteiger partial charge in [-0.1, -0.05) is 17.7 Å². The lowest BCUT2D eigenvalue weighted by atomic mass is 10.5. The Morgan fingerprint density at radius 3 is 2.90 bits per heavy atom. The summed E-state index contributed by atoms with van der Waals surface area (Å²) >= 11 is 0. The molecule has 0 fully saturated rings. The second-order valence-electron chi connectivity index (χ2n) is 1.76. The Balaban J connectivity index is 2.88. The number of nitro groups is 1. The first kappa shape index (κ1) is 6.73. The van der Waals surface area contributed by atoms with E-state index in [0.717, 1.165) is 0 Å². The van der Waals surface area contributed by atoms with Crippen LogP contribution in [0.3, 0.4) is 0 Å². The van der Waals surface area contributed by atoms with Gasteiger partial charge in [-0.15, -0.1) is 0 Å². The van der Waals surface area contributed by atoms with Crippen molar-refractivity contribution in [3.8, 4) is 0 Å². The summed E-state index contributed by atoms with van der Waals surface area (Å²) in [4.78, 5) is 16.8.